The zero-order valence-corrected chi connectivity index (χ0v) is 9.39. The molecule has 0 amide bonds. The van der Waals surface area contributed by atoms with E-state index in [-0.39, 0.29) is 5.82 Å². The maximum atomic E-state index is 13.6. The second-order valence-corrected chi connectivity index (χ2v) is 4.65. The molecule has 3 heteroatoms. The SMILES string of the molecule is Fc1ccccc1C1(Cl)C=CC=C(Cl)C1. The number of alkyl halides is 1. The van der Waals surface area contributed by atoms with Gasteiger partial charge in [0, 0.05) is 17.0 Å². The molecule has 0 bridgehead atoms. The number of hydrogen-bond acceptors (Lipinski definition) is 0. The molecular formula is C12H9Cl2F. The number of benzene rings is 1. The molecule has 1 atom stereocenters. The lowest BCUT2D eigenvalue weighted by Gasteiger charge is -2.26. The third-order valence-corrected chi connectivity index (χ3v) is 3.11. The van der Waals surface area contributed by atoms with Gasteiger partial charge in [0.05, 0.1) is 4.87 Å². The van der Waals surface area contributed by atoms with E-state index in [1.54, 1.807) is 36.4 Å². The van der Waals surface area contributed by atoms with Crippen LogP contribution in [-0.4, -0.2) is 0 Å². The molecule has 0 aliphatic heterocycles. The molecular weight excluding hydrogens is 234 g/mol. The van der Waals surface area contributed by atoms with Gasteiger partial charge in [0.2, 0.25) is 0 Å². The van der Waals surface area contributed by atoms with Gasteiger partial charge in [0.1, 0.15) is 5.82 Å². The molecule has 1 aliphatic carbocycles. The zero-order chi connectivity index (χ0) is 10.9. The van der Waals surface area contributed by atoms with E-state index in [0.717, 1.165) is 0 Å². The van der Waals surface area contributed by atoms with Gasteiger partial charge in [-0.25, -0.2) is 4.39 Å². The molecule has 0 saturated carbocycles. The van der Waals surface area contributed by atoms with Crippen molar-refractivity contribution in [2.75, 3.05) is 0 Å². The number of rotatable bonds is 1. The Balaban J connectivity index is 2.44. The predicted octanol–water partition coefficient (Wildman–Crippen LogP) is 4.34. The van der Waals surface area contributed by atoms with Crippen LogP contribution in [0.25, 0.3) is 0 Å². The molecule has 0 fully saturated rings. The van der Waals surface area contributed by atoms with Crippen molar-refractivity contribution in [1.29, 1.82) is 0 Å². The van der Waals surface area contributed by atoms with Gasteiger partial charge in [-0.1, -0.05) is 42.0 Å². The van der Waals surface area contributed by atoms with Gasteiger partial charge >= 0.3 is 0 Å². The average Bonchev–Trinajstić information content (AvgIpc) is 2.17. The van der Waals surface area contributed by atoms with Gasteiger partial charge < -0.3 is 0 Å². The average molecular weight is 243 g/mol. The van der Waals surface area contributed by atoms with E-state index in [4.69, 9.17) is 23.2 Å². The highest BCUT2D eigenvalue weighted by molar-refractivity contribution is 6.32. The molecule has 0 N–H and O–H groups in total. The molecule has 1 aromatic rings. The van der Waals surface area contributed by atoms with Crippen molar-refractivity contribution in [3.05, 3.63) is 58.9 Å². The molecule has 1 unspecified atom stereocenters. The molecule has 78 valence electrons. The Morgan fingerprint density at radius 1 is 1.27 bits per heavy atom. The van der Waals surface area contributed by atoms with Crippen LogP contribution in [0.2, 0.25) is 0 Å². The monoisotopic (exact) mass is 242 g/mol. The minimum absolute atomic E-state index is 0.302. The van der Waals surface area contributed by atoms with E-state index in [0.29, 0.717) is 17.0 Å². The topological polar surface area (TPSA) is 0 Å². The van der Waals surface area contributed by atoms with Crippen LogP contribution in [0.3, 0.4) is 0 Å². The first-order chi connectivity index (χ1) is 7.12. The van der Waals surface area contributed by atoms with Crippen LogP contribution in [0, 0.1) is 5.82 Å². The van der Waals surface area contributed by atoms with Gasteiger partial charge in [-0.2, -0.15) is 0 Å². The van der Waals surface area contributed by atoms with Gasteiger partial charge in [-0.3, -0.25) is 0 Å². The molecule has 0 aromatic heterocycles. The highest BCUT2D eigenvalue weighted by Crippen LogP contribution is 2.41. The third kappa shape index (κ3) is 2.09. The molecule has 0 nitrogen and oxygen atoms in total. The summed E-state index contributed by atoms with van der Waals surface area (Å²) in [6.07, 6.45) is 5.71. The van der Waals surface area contributed by atoms with Crippen LogP contribution in [0.5, 0.6) is 0 Å². The largest absolute Gasteiger partial charge is 0.207 e. The van der Waals surface area contributed by atoms with E-state index < -0.39 is 4.87 Å². The van der Waals surface area contributed by atoms with Crippen molar-refractivity contribution in [1.82, 2.24) is 0 Å². The van der Waals surface area contributed by atoms with Gasteiger partial charge in [-0.05, 0) is 12.1 Å². The van der Waals surface area contributed by atoms with Crippen LogP contribution in [0.1, 0.15) is 12.0 Å². The predicted molar refractivity (Wildman–Crippen MR) is 61.6 cm³/mol. The minimum atomic E-state index is -0.850. The number of allylic oxidation sites excluding steroid dienone is 4. The van der Waals surface area contributed by atoms with Crippen molar-refractivity contribution >= 4 is 23.2 Å². The number of halogens is 3. The van der Waals surface area contributed by atoms with Crippen LogP contribution >= 0.6 is 23.2 Å². The van der Waals surface area contributed by atoms with E-state index in [1.807, 2.05) is 0 Å². The first-order valence-electron chi connectivity index (χ1n) is 4.60. The Morgan fingerprint density at radius 2 is 2.00 bits per heavy atom. The van der Waals surface area contributed by atoms with Gasteiger partial charge in [0.25, 0.3) is 0 Å². The second kappa shape index (κ2) is 3.99. The summed E-state index contributed by atoms with van der Waals surface area (Å²) in [6.45, 7) is 0. The molecule has 0 saturated heterocycles. The van der Waals surface area contributed by atoms with E-state index in [9.17, 15) is 4.39 Å². The lowest BCUT2D eigenvalue weighted by Crippen LogP contribution is -2.19. The Labute approximate surface area is 98.0 Å². The maximum Gasteiger partial charge on any atom is 0.128 e. The molecule has 1 aliphatic rings. The maximum absolute atomic E-state index is 13.6. The first kappa shape index (κ1) is 10.7. The van der Waals surface area contributed by atoms with E-state index in [2.05, 4.69) is 0 Å². The van der Waals surface area contributed by atoms with Crippen molar-refractivity contribution in [3.8, 4) is 0 Å². The molecule has 0 spiro atoms. The Kier molecular flexibility index (Phi) is 2.85. The highest BCUT2D eigenvalue weighted by atomic mass is 35.5. The third-order valence-electron chi connectivity index (χ3n) is 2.39. The standard InChI is InChI=1S/C12H9Cl2F/c13-9-4-3-7-12(14,8-9)10-5-1-2-6-11(10)15/h1-7H,8H2. The van der Waals surface area contributed by atoms with E-state index >= 15 is 0 Å². The molecule has 15 heavy (non-hydrogen) atoms. The van der Waals surface area contributed by atoms with Crippen molar-refractivity contribution in [3.63, 3.8) is 0 Å². The van der Waals surface area contributed by atoms with Gasteiger partial charge in [-0.15, -0.1) is 11.6 Å². The summed E-state index contributed by atoms with van der Waals surface area (Å²) >= 11 is 12.3. The summed E-state index contributed by atoms with van der Waals surface area (Å²) in [4.78, 5) is -0.850. The van der Waals surface area contributed by atoms with Crippen molar-refractivity contribution in [2.24, 2.45) is 0 Å². The quantitative estimate of drug-likeness (QED) is 0.643. The molecule has 0 radical (unpaired) electrons. The molecule has 0 heterocycles. The molecule has 2 rings (SSSR count). The fourth-order valence-corrected chi connectivity index (χ4v) is 2.37. The fraction of sp³-hybridized carbons (Fsp3) is 0.167. The molecule has 1 aromatic carbocycles. The minimum Gasteiger partial charge on any atom is -0.207 e. The van der Waals surface area contributed by atoms with E-state index in [1.165, 1.54) is 6.07 Å². The second-order valence-electron chi connectivity index (χ2n) is 3.49. The fourth-order valence-electron chi connectivity index (χ4n) is 1.65. The summed E-state index contributed by atoms with van der Waals surface area (Å²) in [5.74, 6) is -0.302. The smallest absolute Gasteiger partial charge is 0.128 e. The summed E-state index contributed by atoms with van der Waals surface area (Å²) in [5.41, 5.74) is 0.467. The first-order valence-corrected chi connectivity index (χ1v) is 5.35. The summed E-state index contributed by atoms with van der Waals surface area (Å²) in [7, 11) is 0. The van der Waals surface area contributed by atoms with Gasteiger partial charge in [0.15, 0.2) is 0 Å². The van der Waals surface area contributed by atoms with Crippen LogP contribution in [0.15, 0.2) is 47.5 Å². The van der Waals surface area contributed by atoms with Crippen LogP contribution < -0.4 is 0 Å². The summed E-state index contributed by atoms with van der Waals surface area (Å²) in [5, 5.41) is 0.635. The Hall–Kier alpha value is -0.790. The summed E-state index contributed by atoms with van der Waals surface area (Å²) < 4.78 is 13.6. The lowest BCUT2D eigenvalue weighted by molar-refractivity contribution is 0.584. The Morgan fingerprint density at radius 3 is 2.67 bits per heavy atom. The Bertz CT molecular complexity index is 437. The highest BCUT2D eigenvalue weighted by Gasteiger charge is 2.31. The van der Waals surface area contributed by atoms with Crippen molar-refractivity contribution in [2.45, 2.75) is 11.3 Å². The van der Waals surface area contributed by atoms with Crippen LogP contribution in [0.4, 0.5) is 4.39 Å². The number of hydrogen-bond donors (Lipinski definition) is 0. The zero-order valence-electron chi connectivity index (χ0n) is 7.88. The normalized spacial score (nSPS) is 25.1. The summed E-state index contributed by atoms with van der Waals surface area (Å²) in [6, 6.07) is 6.49. The van der Waals surface area contributed by atoms with Crippen LogP contribution in [-0.2, 0) is 4.87 Å². The van der Waals surface area contributed by atoms with Crippen molar-refractivity contribution < 1.29 is 4.39 Å². The lowest BCUT2D eigenvalue weighted by atomic mass is 9.91.